The van der Waals surface area contributed by atoms with Gasteiger partial charge in [-0.2, -0.15) is 0 Å². The molecule has 0 fully saturated rings. The van der Waals surface area contributed by atoms with Crippen LogP contribution in [0.25, 0.3) is 0 Å². The second-order valence-electron chi connectivity index (χ2n) is 7.21. The summed E-state index contributed by atoms with van der Waals surface area (Å²) in [7, 11) is 0. The molecule has 0 spiro atoms. The van der Waals surface area contributed by atoms with Gasteiger partial charge in [-0.15, -0.1) is 0 Å². The van der Waals surface area contributed by atoms with Gasteiger partial charge >= 0.3 is 29.6 Å². The molecular formula is C21H42NNaO2. The Bertz CT molecular complexity index is 259. The molecule has 0 aromatic rings. The first kappa shape index (κ1) is 27.6. The summed E-state index contributed by atoms with van der Waals surface area (Å²) in [5.41, 5.74) is 0. The number of carbonyl (C=O) groups excluding carboxylic acids is 1. The Labute approximate surface area is 179 Å². The molecule has 0 aromatic carbocycles. The van der Waals surface area contributed by atoms with E-state index in [-0.39, 0.29) is 36.0 Å². The molecule has 0 saturated carbocycles. The molecule has 0 aliphatic heterocycles. The Morgan fingerprint density at radius 2 is 1.00 bits per heavy atom. The molecule has 4 heteroatoms. The molecule has 0 amide bonds. The predicted octanol–water partition coefficient (Wildman–Crippen LogP) is 1.93. The molecule has 0 radical (unpaired) electrons. The third kappa shape index (κ3) is 22.4. The van der Waals surface area contributed by atoms with Gasteiger partial charge in [0.25, 0.3) is 0 Å². The molecular weight excluding hydrogens is 321 g/mol. The fraction of sp³-hybridized carbons (Fsp3) is 0.952. The number of nitrogens with zero attached hydrogens (tertiary/aromatic N) is 1. The molecule has 0 rings (SSSR count). The average Bonchev–Trinajstić information content (AvgIpc) is 2.56. The second kappa shape index (κ2) is 22.5. The van der Waals surface area contributed by atoms with E-state index >= 15 is 0 Å². The molecule has 3 nitrogen and oxygen atoms in total. The van der Waals surface area contributed by atoms with Crippen LogP contribution in [0.5, 0.6) is 0 Å². The summed E-state index contributed by atoms with van der Waals surface area (Å²) in [6, 6.07) is 0. The van der Waals surface area contributed by atoms with E-state index in [1.165, 1.54) is 90.1 Å². The largest absolute Gasteiger partial charge is 1.00 e. The number of rotatable bonds is 19. The number of unbranched alkanes of at least 4 members (excludes halogenated alkanes) is 11. The summed E-state index contributed by atoms with van der Waals surface area (Å²) in [6.45, 7) is 7.94. The summed E-state index contributed by atoms with van der Waals surface area (Å²) in [5.74, 6) is -0.909. The summed E-state index contributed by atoms with van der Waals surface area (Å²) >= 11 is 0. The molecule has 0 unspecified atom stereocenters. The molecule has 0 bridgehead atoms. The van der Waals surface area contributed by atoms with Crippen molar-refractivity contribution in [3.8, 4) is 0 Å². The van der Waals surface area contributed by atoms with Gasteiger partial charge in [-0.05, 0) is 51.7 Å². The van der Waals surface area contributed by atoms with E-state index in [0.29, 0.717) is 0 Å². The molecule has 144 valence electrons. The first-order valence-electron chi connectivity index (χ1n) is 10.6. The Balaban J connectivity index is 0. The summed E-state index contributed by atoms with van der Waals surface area (Å²) in [6.07, 6.45) is 18.0. The minimum atomic E-state index is -0.909. The standard InChI is InChI=1S/C21H43NO2.Na/c1-3-5-7-9-11-14-18-22(20-16-13-17-21(23)24)19-15-12-10-8-6-4-2;/h3-20H2,1-2H3,(H,23,24);/q;+1/p-1. The Morgan fingerprint density at radius 1 is 0.640 bits per heavy atom. The van der Waals surface area contributed by atoms with Crippen LogP contribution in [0.1, 0.15) is 110 Å². The smallest absolute Gasteiger partial charge is 0.550 e. The molecule has 0 atom stereocenters. The molecule has 0 N–H and O–H groups in total. The van der Waals surface area contributed by atoms with Crippen molar-refractivity contribution in [3.05, 3.63) is 0 Å². The van der Waals surface area contributed by atoms with Crippen molar-refractivity contribution in [2.24, 2.45) is 0 Å². The minimum Gasteiger partial charge on any atom is -0.550 e. The number of hydrogen-bond acceptors (Lipinski definition) is 3. The first-order chi connectivity index (χ1) is 11.7. The van der Waals surface area contributed by atoms with Gasteiger partial charge in [-0.3, -0.25) is 0 Å². The maximum Gasteiger partial charge on any atom is 1.00 e. The van der Waals surface area contributed by atoms with Crippen LogP contribution in [0.3, 0.4) is 0 Å². The van der Waals surface area contributed by atoms with Crippen molar-refractivity contribution >= 4 is 5.97 Å². The molecule has 0 aromatic heterocycles. The van der Waals surface area contributed by atoms with Crippen LogP contribution in [-0.2, 0) is 4.79 Å². The summed E-state index contributed by atoms with van der Waals surface area (Å²) < 4.78 is 0. The molecule has 25 heavy (non-hydrogen) atoms. The van der Waals surface area contributed by atoms with Gasteiger partial charge in [0, 0.05) is 5.97 Å². The number of aliphatic carboxylic acids is 1. The Kier molecular flexibility index (Phi) is 24.9. The van der Waals surface area contributed by atoms with E-state index in [4.69, 9.17) is 0 Å². The number of carbonyl (C=O) groups is 1. The zero-order valence-electron chi connectivity index (χ0n) is 17.5. The molecule has 0 heterocycles. The van der Waals surface area contributed by atoms with Crippen LogP contribution in [0.4, 0.5) is 0 Å². The van der Waals surface area contributed by atoms with Crippen molar-refractivity contribution < 1.29 is 39.5 Å². The number of carboxylic acid groups (broad SMARTS) is 1. The molecule has 0 aliphatic carbocycles. The van der Waals surface area contributed by atoms with Gasteiger partial charge in [0.15, 0.2) is 0 Å². The number of carboxylic acids is 1. The van der Waals surface area contributed by atoms with Crippen LogP contribution in [-0.4, -0.2) is 30.5 Å². The normalized spacial score (nSPS) is 10.8. The average molecular weight is 364 g/mol. The van der Waals surface area contributed by atoms with E-state index in [9.17, 15) is 9.90 Å². The van der Waals surface area contributed by atoms with Crippen LogP contribution in [0.15, 0.2) is 0 Å². The molecule has 0 saturated heterocycles. The van der Waals surface area contributed by atoms with E-state index in [0.717, 1.165) is 19.4 Å². The maximum absolute atomic E-state index is 10.5. The zero-order valence-corrected chi connectivity index (χ0v) is 19.5. The van der Waals surface area contributed by atoms with E-state index in [1.54, 1.807) is 0 Å². The van der Waals surface area contributed by atoms with Crippen molar-refractivity contribution in [1.29, 1.82) is 0 Å². The van der Waals surface area contributed by atoms with Crippen molar-refractivity contribution in [2.45, 2.75) is 110 Å². The third-order valence-electron chi connectivity index (χ3n) is 4.76. The summed E-state index contributed by atoms with van der Waals surface area (Å²) in [4.78, 5) is 13.1. The zero-order chi connectivity index (χ0) is 17.9. The van der Waals surface area contributed by atoms with Crippen molar-refractivity contribution in [3.63, 3.8) is 0 Å². The third-order valence-corrected chi connectivity index (χ3v) is 4.76. The molecule has 0 aliphatic rings. The minimum absolute atomic E-state index is 0. The fourth-order valence-corrected chi connectivity index (χ4v) is 3.17. The van der Waals surface area contributed by atoms with E-state index in [2.05, 4.69) is 18.7 Å². The Morgan fingerprint density at radius 3 is 1.40 bits per heavy atom. The fourth-order valence-electron chi connectivity index (χ4n) is 3.17. The quantitative estimate of drug-likeness (QED) is 0.260. The van der Waals surface area contributed by atoms with Gasteiger partial charge in [-0.1, -0.05) is 78.1 Å². The Hall–Kier alpha value is 0.430. The van der Waals surface area contributed by atoms with E-state index < -0.39 is 5.97 Å². The topological polar surface area (TPSA) is 43.4 Å². The summed E-state index contributed by atoms with van der Waals surface area (Å²) in [5, 5.41) is 10.5. The van der Waals surface area contributed by atoms with Gasteiger partial charge in [0.1, 0.15) is 0 Å². The van der Waals surface area contributed by atoms with Crippen LogP contribution in [0, 0.1) is 0 Å². The monoisotopic (exact) mass is 363 g/mol. The van der Waals surface area contributed by atoms with Gasteiger partial charge in [-0.25, -0.2) is 0 Å². The predicted molar refractivity (Wildman–Crippen MR) is 102 cm³/mol. The van der Waals surface area contributed by atoms with Gasteiger partial charge in [0.2, 0.25) is 0 Å². The first-order valence-corrected chi connectivity index (χ1v) is 10.6. The maximum atomic E-state index is 10.5. The number of hydrogen-bond donors (Lipinski definition) is 0. The van der Waals surface area contributed by atoms with E-state index in [1.807, 2.05) is 0 Å². The van der Waals surface area contributed by atoms with Crippen LogP contribution < -0.4 is 34.7 Å². The van der Waals surface area contributed by atoms with Crippen molar-refractivity contribution in [2.75, 3.05) is 19.6 Å². The van der Waals surface area contributed by atoms with Crippen molar-refractivity contribution in [1.82, 2.24) is 4.90 Å². The van der Waals surface area contributed by atoms with Crippen LogP contribution >= 0.6 is 0 Å². The SMILES string of the molecule is CCCCCCCCN(CCCCCCCC)CCCCC(=O)[O-].[Na+]. The van der Waals surface area contributed by atoms with Gasteiger partial charge in [0.05, 0.1) is 0 Å². The second-order valence-corrected chi connectivity index (χ2v) is 7.21. The van der Waals surface area contributed by atoms with Crippen LogP contribution in [0.2, 0.25) is 0 Å². The van der Waals surface area contributed by atoms with Gasteiger partial charge < -0.3 is 14.8 Å².